The lowest BCUT2D eigenvalue weighted by Crippen LogP contribution is -2.33. The molecule has 0 aromatic heterocycles. The van der Waals surface area contributed by atoms with Crippen LogP contribution in [0.4, 0.5) is 10.1 Å². The first kappa shape index (κ1) is 13.6. The smallest absolute Gasteiger partial charge is 0.251 e. The number of ether oxygens (including phenoxy) is 1. The quantitative estimate of drug-likeness (QED) is 0.821. The van der Waals surface area contributed by atoms with Crippen molar-refractivity contribution < 1.29 is 13.9 Å². The van der Waals surface area contributed by atoms with Crippen molar-refractivity contribution in [1.29, 1.82) is 0 Å². The van der Waals surface area contributed by atoms with Crippen LogP contribution in [0.25, 0.3) is 0 Å². The van der Waals surface area contributed by atoms with E-state index in [1.54, 1.807) is 18.2 Å². The van der Waals surface area contributed by atoms with E-state index in [0.717, 1.165) is 12.8 Å². The third kappa shape index (κ3) is 3.16. The highest BCUT2D eigenvalue weighted by Crippen LogP contribution is 2.27. The van der Waals surface area contributed by atoms with Crippen LogP contribution in [0.1, 0.15) is 29.6 Å². The van der Waals surface area contributed by atoms with Crippen molar-refractivity contribution in [2.45, 2.75) is 25.3 Å². The number of hydrogen-bond donors (Lipinski definition) is 2. The fraction of sp³-hybridized carbons (Fsp3) is 0.500. The SMILES string of the molecule is COc1cc(C(=O)N[C@@H]2CC[C@@H](CF)C2)ccc1N. The van der Waals surface area contributed by atoms with Crippen molar-refractivity contribution in [3.63, 3.8) is 0 Å². The Hall–Kier alpha value is -1.78. The van der Waals surface area contributed by atoms with Gasteiger partial charge in [-0.3, -0.25) is 9.18 Å². The summed E-state index contributed by atoms with van der Waals surface area (Å²) in [6.45, 7) is -0.304. The topological polar surface area (TPSA) is 64.3 Å². The number of nitrogens with two attached hydrogens (primary N) is 1. The van der Waals surface area contributed by atoms with E-state index in [1.165, 1.54) is 7.11 Å². The van der Waals surface area contributed by atoms with Crippen LogP contribution in [0, 0.1) is 5.92 Å². The first-order valence-electron chi connectivity index (χ1n) is 6.44. The number of carbonyl (C=O) groups excluding carboxylic acids is 1. The Morgan fingerprint density at radius 1 is 1.53 bits per heavy atom. The van der Waals surface area contributed by atoms with Crippen LogP contribution in [0.2, 0.25) is 0 Å². The normalized spacial score (nSPS) is 22.2. The summed E-state index contributed by atoms with van der Waals surface area (Å²) in [5.74, 6) is 0.412. The van der Waals surface area contributed by atoms with E-state index in [2.05, 4.69) is 5.32 Å². The van der Waals surface area contributed by atoms with E-state index in [-0.39, 0.29) is 24.5 Å². The summed E-state index contributed by atoms with van der Waals surface area (Å²) in [5.41, 5.74) is 6.71. The van der Waals surface area contributed by atoms with Crippen LogP contribution in [0.15, 0.2) is 18.2 Å². The summed E-state index contributed by atoms with van der Waals surface area (Å²) < 4.78 is 17.6. The number of nitrogen functional groups attached to an aromatic ring is 1. The highest BCUT2D eigenvalue weighted by atomic mass is 19.1. The number of halogens is 1. The Morgan fingerprint density at radius 3 is 2.95 bits per heavy atom. The van der Waals surface area contributed by atoms with Crippen molar-refractivity contribution >= 4 is 11.6 Å². The molecule has 0 bridgehead atoms. The Balaban J connectivity index is 2.00. The van der Waals surface area contributed by atoms with Gasteiger partial charge in [0.1, 0.15) is 5.75 Å². The number of rotatable bonds is 4. The lowest BCUT2D eigenvalue weighted by atomic mass is 10.1. The Morgan fingerprint density at radius 2 is 2.32 bits per heavy atom. The lowest BCUT2D eigenvalue weighted by molar-refractivity contribution is 0.0936. The van der Waals surface area contributed by atoms with Gasteiger partial charge in [-0.25, -0.2) is 0 Å². The van der Waals surface area contributed by atoms with E-state index in [1.807, 2.05) is 0 Å². The van der Waals surface area contributed by atoms with Crippen LogP contribution in [0.3, 0.4) is 0 Å². The Kier molecular flexibility index (Phi) is 4.24. The van der Waals surface area contributed by atoms with E-state index >= 15 is 0 Å². The Labute approximate surface area is 112 Å². The van der Waals surface area contributed by atoms with Gasteiger partial charge < -0.3 is 15.8 Å². The molecule has 0 saturated heterocycles. The highest BCUT2D eigenvalue weighted by Gasteiger charge is 2.26. The van der Waals surface area contributed by atoms with Crippen LogP contribution in [-0.4, -0.2) is 25.7 Å². The zero-order chi connectivity index (χ0) is 13.8. The summed E-state index contributed by atoms with van der Waals surface area (Å²) in [6.07, 6.45) is 2.40. The van der Waals surface area contributed by atoms with Crippen molar-refractivity contribution in [2.75, 3.05) is 19.5 Å². The monoisotopic (exact) mass is 266 g/mol. The molecule has 1 amide bonds. The van der Waals surface area contributed by atoms with Crippen LogP contribution < -0.4 is 15.8 Å². The van der Waals surface area contributed by atoms with Gasteiger partial charge >= 0.3 is 0 Å². The van der Waals surface area contributed by atoms with E-state index in [4.69, 9.17) is 10.5 Å². The zero-order valence-corrected chi connectivity index (χ0v) is 11.0. The minimum absolute atomic E-state index is 0.0665. The van der Waals surface area contributed by atoms with E-state index in [0.29, 0.717) is 23.4 Å². The number of anilines is 1. The predicted octanol–water partition coefficient (Wildman–Crippen LogP) is 2.15. The molecule has 19 heavy (non-hydrogen) atoms. The third-order valence-electron chi connectivity index (χ3n) is 3.59. The molecule has 1 aliphatic carbocycles. The molecule has 1 aliphatic rings. The van der Waals surface area contributed by atoms with Crippen molar-refractivity contribution in [1.82, 2.24) is 5.32 Å². The summed E-state index contributed by atoms with van der Waals surface area (Å²) in [7, 11) is 1.51. The van der Waals surface area contributed by atoms with Crippen LogP contribution in [-0.2, 0) is 0 Å². The van der Waals surface area contributed by atoms with Crippen LogP contribution >= 0.6 is 0 Å². The number of alkyl halides is 1. The fourth-order valence-corrected chi connectivity index (χ4v) is 2.47. The number of benzene rings is 1. The standard InChI is InChI=1S/C14H19FN2O2/c1-19-13-7-10(3-5-12(13)16)14(18)17-11-4-2-9(6-11)8-15/h3,5,7,9,11H,2,4,6,8,16H2,1H3,(H,17,18)/t9-,11-/m1/s1. The first-order valence-corrected chi connectivity index (χ1v) is 6.44. The predicted molar refractivity (Wildman–Crippen MR) is 72.0 cm³/mol. The molecule has 1 aromatic carbocycles. The van der Waals surface area contributed by atoms with Gasteiger partial charge in [-0.1, -0.05) is 0 Å². The first-order chi connectivity index (χ1) is 9.13. The van der Waals surface area contributed by atoms with E-state index in [9.17, 15) is 9.18 Å². The molecule has 1 fully saturated rings. The maximum absolute atomic E-state index is 12.5. The van der Waals surface area contributed by atoms with Gasteiger partial charge in [0.2, 0.25) is 0 Å². The van der Waals surface area contributed by atoms with Crippen LogP contribution in [0.5, 0.6) is 5.75 Å². The lowest BCUT2D eigenvalue weighted by Gasteiger charge is -2.13. The average Bonchev–Trinajstić information content (AvgIpc) is 2.86. The Bertz CT molecular complexity index is 465. The minimum Gasteiger partial charge on any atom is -0.495 e. The van der Waals surface area contributed by atoms with Gasteiger partial charge in [0, 0.05) is 11.6 Å². The van der Waals surface area contributed by atoms with Crippen molar-refractivity contribution in [3.8, 4) is 5.75 Å². The maximum atomic E-state index is 12.5. The number of hydrogen-bond acceptors (Lipinski definition) is 3. The van der Waals surface area contributed by atoms with Crippen molar-refractivity contribution in [2.24, 2.45) is 5.92 Å². The molecular weight excluding hydrogens is 247 g/mol. The molecular formula is C14H19FN2O2. The van der Waals surface area contributed by atoms with Gasteiger partial charge in [-0.15, -0.1) is 0 Å². The highest BCUT2D eigenvalue weighted by molar-refractivity contribution is 5.95. The van der Waals surface area contributed by atoms with Crippen molar-refractivity contribution in [3.05, 3.63) is 23.8 Å². The maximum Gasteiger partial charge on any atom is 0.251 e. The van der Waals surface area contributed by atoms with E-state index < -0.39 is 0 Å². The summed E-state index contributed by atoms with van der Waals surface area (Å²) in [4.78, 5) is 12.1. The average molecular weight is 266 g/mol. The number of methoxy groups -OCH3 is 1. The molecule has 5 heteroatoms. The van der Waals surface area contributed by atoms with Gasteiger partial charge in [-0.05, 0) is 43.4 Å². The molecule has 0 radical (unpaired) electrons. The molecule has 0 aliphatic heterocycles. The molecule has 4 nitrogen and oxygen atoms in total. The van der Waals surface area contributed by atoms with Gasteiger partial charge in [-0.2, -0.15) is 0 Å². The second-order valence-corrected chi connectivity index (χ2v) is 4.96. The molecule has 1 saturated carbocycles. The zero-order valence-electron chi connectivity index (χ0n) is 11.0. The molecule has 104 valence electrons. The summed E-state index contributed by atoms with van der Waals surface area (Å²) >= 11 is 0. The van der Waals surface area contributed by atoms with Gasteiger partial charge in [0.15, 0.2) is 0 Å². The minimum atomic E-state index is -0.304. The largest absolute Gasteiger partial charge is 0.495 e. The molecule has 0 spiro atoms. The van der Waals surface area contributed by atoms with Gasteiger partial charge in [0.05, 0.1) is 19.5 Å². The molecule has 0 unspecified atom stereocenters. The molecule has 0 heterocycles. The van der Waals surface area contributed by atoms with Gasteiger partial charge in [0.25, 0.3) is 5.91 Å². The fourth-order valence-electron chi connectivity index (χ4n) is 2.47. The number of carbonyl (C=O) groups is 1. The summed E-state index contributed by atoms with van der Waals surface area (Å²) in [5, 5.41) is 2.93. The molecule has 2 atom stereocenters. The summed E-state index contributed by atoms with van der Waals surface area (Å²) in [6, 6.07) is 4.99. The second-order valence-electron chi connectivity index (χ2n) is 4.96. The molecule has 1 aromatic rings. The number of amides is 1. The number of nitrogens with one attached hydrogen (secondary N) is 1. The third-order valence-corrected chi connectivity index (χ3v) is 3.59. The second kappa shape index (κ2) is 5.91. The molecule has 2 rings (SSSR count). The molecule has 3 N–H and O–H groups in total.